The number of carbonyl (C=O) groups excluding carboxylic acids is 1. The molecule has 0 saturated carbocycles. The van der Waals surface area contributed by atoms with Gasteiger partial charge in [0.15, 0.2) is 0 Å². The van der Waals surface area contributed by atoms with Crippen molar-refractivity contribution in [1.82, 2.24) is 15.3 Å². The van der Waals surface area contributed by atoms with Crippen molar-refractivity contribution in [3.8, 4) is 16.9 Å². The van der Waals surface area contributed by atoms with Gasteiger partial charge in [-0.1, -0.05) is 46.9 Å². The third-order valence-corrected chi connectivity index (χ3v) is 7.31. The molecule has 0 fully saturated rings. The van der Waals surface area contributed by atoms with Crippen LogP contribution in [0.25, 0.3) is 11.1 Å². The van der Waals surface area contributed by atoms with Gasteiger partial charge in [0.1, 0.15) is 18.2 Å². The molecular formula is C25H20Cl3FN6O4S. The number of amides is 2. The molecule has 1 aromatic heterocycles. The number of halogens is 4. The largest absolute Gasteiger partial charge is 0.486 e. The number of urea groups is 1. The Kier molecular flexibility index (Phi) is 8.84. The number of hydrogen-bond donors (Lipinski definition) is 4. The van der Waals surface area contributed by atoms with E-state index in [2.05, 4.69) is 20.6 Å². The van der Waals surface area contributed by atoms with Crippen LogP contribution in [0, 0.1) is 0 Å². The number of nitrogens with two attached hydrogens (primary N) is 2. The van der Waals surface area contributed by atoms with E-state index in [9.17, 15) is 17.1 Å². The Bertz CT molecular complexity index is 1690. The number of nitrogens with zero attached hydrogens (tertiary/aromatic N) is 2. The van der Waals surface area contributed by atoms with Gasteiger partial charge in [-0.25, -0.2) is 9.78 Å². The molecular weight excluding hydrogens is 606 g/mol. The number of aromatic nitrogens is 2. The molecule has 3 aromatic carbocycles. The minimum Gasteiger partial charge on any atom is -0.486 e. The zero-order valence-electron chi connectivity index (χ0n) is 20.3. The van der Waals surface area contributed by atoms with Gasteiger partial charge in [0.2, 0.25) is 5.95 Å². The van der Waals surface area contributed by atoms with Crippen molar-refractivity contribution in [2.24, 2.45) is 0 Å². The van der Waals surface area contributed by atoms with Crippen LogP contribution in [-0.2, 0) is 23.4 Å². The average molecular weight is 626 g/mol. The lowest BCUT2D eigenvalue weighted by Crippen LogP contribution is -2.28. The summed E-state index contributed by atoms with van der Waals surface area (Å²) < 4.78 is 40.7. The predicted molar refractivity (Wildman–Crippen MR) is 153 cm³/mol. The molecule has 0 spiro atoms. The number of ether oxygens (including phenoxy) is 1. The lowest BCUT2D eigenvalue weighted by atomic mass is 10.0. The topological polar surface area (TPSA) is 162 Å². The number of anilines is 3. The summed E-state index contributed by atoms with van der Waals surface area (Å²) in [5.74, 6) is 0.446. The normalized spacial score (nSPS) is 11.2. The second kappa shape index (κ2) is 12.1. The predicted octanol–water partition coefficient (Wildman–Crippen LogP) is 5.83. The molecule has 0 bridgehead atoms. The van der Waals surface area contributed by atoms with E-state index in [1.807, 2.05) is 0 Å². The molecule has 0 aliphatic carbocycles. The molecule has 10 nitrogen and oxygen atoms in total. The summed E-state index contributed by atoms with van der Waals surface area (Å²) in [6, 6.07) is 14.0. The Labute approximate surface area is 243 Å². The van der Waals surface area contributed by atoms with Crippen molar-refractivity contribution >= 4 is 68.5 Å². The highest BCUT2D eigenvalue weighted by molar-refractivity contribution is 7.86. The van der Waals surface area contributed by atoms with E-state index in [-0.39, 0.29) is 35.6 Å². The zero-order valence-corrected chi connectivity index (χ0v) is 23.4. The second-order valence-electron chi connectivity index (χ2n) is 8.24. The summed E-state index contributed by atoms with van der Waals surface area (Å²) in [6.07, 6.45) is 0. The van der Waals surface area contributed by atoms with Crippen molar-refractivity contribution in [2.75, 3.05) is 16.8 Å². The van der Waals surface area contributed by atoms with Crippen LogP contribution < -0.4 is 26.8 Å². The second-order valence-corrected chi connectivity index (χ2v) is 10.8. The van der Waals surface area contributed by atoms with Crippen LogP contribution in [0.3, 0.4) is 0 Å². The Hall–Kier alpha value is -3.84. The highest BCUT2D eigenvalue weighted by Crippen LogP contribution is 2.34. The first-order valence-corrected chi connectivity index (χ1v) is 13.8. The van der Waals surface area contributed by atoms with E-state index in [0.717, 1.165) is 12.1 Å². The van der Waals surface area contributed by atoms with Gasteiger partial charge >= 0.3 is 16.3 Å². The first-order chi connectivity index (χ1) is 18.9. The van der Waals surface area contributed by atoms with Crippen molar-refractivity contribution in [2.45, 2.75) is 18.0 Å². The van der Waals surface area contributed by atoms with Gasteiger partial charge in [-0.3, -0.25) is 0 Å². The van der Waals surface area contributed by atoms with Crippen LogP contribution in [0.1, 0.15) is 11.3 Å². The summed E-state index contributed by atoms with van der Waals surface area (Å²) in [5, 5.41) is 6.13. The zero-order chi connectivity index (χ0) is 29.0. The molecule has 2 amide bonds. The minimum absolute atomic E-state index is 0.0332. The number of nitrogens with one attached hydrogen (secondary N) is 2. The maximum atomic E-state index is 13.0. The molecule has 0 atom stereocenters. The first-order valence-electron chi connectivity index (χ1n) is 11.3. The quantitative estimate of drug-likeness (QED) is 0.178. The highest BCUT2D eigenvalue weighted by Gasteiger charge is 2.17. The minimum atomic E-state index is -4.82. The molecule has 0 radical (unpaired) electrons. The summed E-state index contributed by atoms with van der Waals surface area (Å²) in [6.45, 7) is 0.0674. The number of nitrogen functional groups attached to an aromatic ring is 2. The Balaban J connectivity index is 1.40. The molecule has 40 heavy (non-hydrogen) atoms. The molecule has 0 aliphatic rings. The van der Waals surface area contributed by atoms with Crippen LogP contribution >= 0.6 is 34.8 Å². The van der Waals surface area contributed by atoms with Crippen molar-refractivity contribution < 1.29 is 21.8 Å². The van der Waals surface area contributed by atoms with Gasteiger partial charge in [0, 0.05) is 17.8 Å². The molecule has 6 N–H and O–H groups in total. The van der Waals surface area contributed by atoms with Crippen LogP contribution in [0.5, 0.6) is 5.75 Å². The highest BCUT2D eigenvalue weighted by atomic mass is 35.5. The fraction of sp³-hybridized carbons (Fsp3) is 0.0800. The lowest BCUT2D eigenvalue weighted by molar-refractivity contribution is 0.251. The summed E-state index contributed by atoms with van der Waals surface area (Å²) in [7, 11) is -4.82. The molecule has 0 unspecified atom stereocenters. The van der Waals surface area contributed by atoms with Crippen LogP contribution in [0.2, 0.25) is 15.1 Å². The van der Waals surface area contributed by atoms with Crippen LogP contribution in [-0.4, -0.2) is 24.4 Å². The molecule has 1 heterocycles. The number of hydrogen-bond acceptors (Lipinski definition) is 8. The van der Waals surface area contributed by atoms with Crippen LogP contribution in [0.4, 0.5) is 26.1 Å². The lowest BCUT2D eigenvalue weighted by Gasteiger charge is -2.15. The Morgan fingerprint density at radius 2 is 1.65 bits per heavy atom. The molecule has 15 heteroatoms. The summed E-state index contributed by atoms with van der Waals surface area (Å²) in [5.41, 5.74) is 14.4. The van der Waals surface area contributed by atoms with Gasteiger partial charge in [0.05, 0.1) is 25.7 Å². The van der Waals surface area contributed by atoms with E-state index in [1.54, 1.807) is 36.4 Å². The van der Waals surface area contributed by atoms with Gasteiger partial charge in [0.25, 0.3) is 0 Å². The van der Waals surface area contributed by atoms with Crippen LogP contribution in [0.15, 0.2) is 65.6 Å². The monoisotopic (exact) mass is 624 g/mol. The molecule has 4 aromatic rings. The average Bonchev–Trinajstić information content (AvgIpc) is 2.88. The number of rotatable bonds is 8. The van der Waals surface area contributed by atoms with Crippen molar-refractivity contribution in [3.05, 3.63) is 87.0 Å². The fourth-order valence-corrected chi connectivity index (χ4v) is 4.61. The van der Waals surface area contributed by atoms with Gasteiger partial charge < -0.3 is 26.8 Å². The Morgan fingerprint density at radius 3 is 2.30 bits per heavy atom. The summed E-state index contributed by atoms with van der Waals surface area (Å²) >= 11 is 18.6. The van der Waals surface area contributed by atoms with E-state index in [1.165, 1.54) is 12.1 Å². The molecule has 0 aliphatic heterocycles. The number of benzene rings is 3. The first kappa shape index (κ1) is 29.2. The third-order valence-electron chi connectivity index (χ3n) is 5.44. The smallest absolute Gasteiger partial charge is 0.332 e. The molecule has 4 rings (SSSR count). The van der Waals surface area contributed by atoms with Gasteiger partial charge in [-0.15, -0.1) is 3.89 Å². The van der Waals surface area contributed by atoms with Gasteiger partial charge in [-0.05, 0) is 59.7 Å². The standard InChI is InChI=1S/C25H20Cl3FN6O4S/c26-17-7-2-14(10-18(17)27)22-20(34-24(31)35-23(22)30)12-39-21-8-1-13(9-19(21)28)11-32-25(36)33-15-3-5-16(6-4-15)40(29,37)38/h1-10H,11-12H2,(H2,32,33,36)(H4,30,31,34,35). The van der Waals surface area contributed by atoms with Gasteiger partial charge in [-0.2, -0.15) is 13.4 Å². The molecule has 0 saturated heterocycles. The Morgan fingerprint density at radius 1 is 0.925 bits per heavy atom. The molecule has 208 valence electrons. The van der Waals surface area contributed by atoms with E-state index in [4.69, 9.17) is 51.0 Å². The van der Waals surface area contributed by atoms with Crippen molar-refractivity contribution in [1.29, 1.82) is 0 Å². The maximum Gasteiger partial charge on any atom is 0.332 e. The van der Waals surface area contributed by atoms with Crippen molar-refractivity contribution in [3.63, 3.8) is 0 Å². The summed E-state index contributed by atoms with van der Waals surface area (Å²) in [4.78, 5) is 20.0. The fourth-order valence-electron chi connectivity index (χ4n) is 3.59. The van der Waals surface area contributed by atoms with E-state index < -0.39 is 21.1 Å². The maximum absolute atomic E-state index is 13.0. The van der Waals surface area contributed by atoms with E-state index in [0.29, 0.717) is 38.2 Å². The SMILES string of the molecule is Nc1nc(N)c(-c2ccc(Cl)c(Cl)c2)c(COc2ccc(CNC(=O)Nc3ccc(S(=O)(=O)F)cc3)cc2Cl)n1. The van der Waals surface area contributed by atoms with E-state index >= 15 is 0 Å². The third kappa shape index (κ3) is 7.21. The number of carbonyl (C=O) groups is 1.